The molecule has 1 fully saturated rings. The Labute approximate surface area is 109 Å². The van der Waals surface area contributed by atoms with Crippen LogP contribution >= 0.6 is 0 Å². The van der Waals surface area contributed by atoms with E-state index in [2.05, 4.69) is 50.1 Å². The molecular formula is C15H20N2O. The minimum Gasteiger partial charge on any atom is -0.378 e. The molecule has 1 saturated heterocycles. The van der Waals surface area contributed by atoms with E-state index in [1.165, 1.54) is 16.7 Å². The van der Waals surface area contributed by atoms with E-state index in [1.54, 1.807) is 0 Å². The molecule has 0 amide bonds. The van der Waals surface area contributed by atoms with Gasteiger partial charge in [-0.1, -0.05) is 18.2 Å². The maximum atomic E-state index is 9.18. The SMILES string of the molecule is Cc1ccc(CN(C)CC2(C#N)COC2)cc1C. The zero-order valence-corrected chi connectivity index (χ0v) is 11.4. The molecule has 3 nitrogen and oxygen atoms in total. The number of rotatable bonds is 4. The first-order chi connectivity index (χ1) is 8.54. The van der Waals surface area contributed by atoms with Gasteiger partial charge in [0.25, 0.3) is 0 Å². The molecule has 0 spiro atoms. The first-order valence-corrected chi connectivity index (χ1v) is 6.28. The molecule has 2 rings (SSSR count). The maximum Gasteiger partial charge on any atom is 0.116 e. The standard InChI is InChI=1S/C15H20N2O/c1-12-4-5-14(6-13(12)2)7-17(3)9-15(8-16)10-18-11-15/h4-6H,7,9-11H2,1-3H3. The molecule has 0 saturated carbocycles. The van der Waals surface area contributed by atoms with Crippen LogP contribution in [0.15, 0.2) is 18.2 Å². The maximum absolute atomic E-state index is 9.18. The van der Waals surface area contributed by atoms with Crippen molar-refractivity contribution in [2.24, 2.45) is 5.41 Å². The fourth-order valence-corrected chi connectivity index (χ4v) is 2.33. The monoisotopic (exact) mass is 244 g/mol. The Balaban J connectivity index is 1.97. The Morgan fingerprint density at radius 2 is 2.06 bits per heavy atom. The average molecular weight is 244 g/mol. The number of aryl methyl sites for hydroxylation is 2. The smallest absolute Gasteiger partial charge is 0.116 e. The van der Waals surface area contributed by atoms with Crippen LogP contribution in [0.1, 0.15) is 16.7 Å². The molecule has 18 heavy (non-hydrogen) atoms. The molecule has 0 unspecified atom stereocenters. The zero-order valence-electron chi connectivity index (χ0n) is 11.4. The second-order valence-corrected chi connectivity index (χ2v) is 5.48. The molecule has 0 aliphatic carbocycles. The highest BCUT2D eigenvalue weighted by molar-refractivity contribution is 5.29. The predicted octanol–water partition coefficient (Wildman–Crippen LogP) is 2.28. The molecule has 1 aromatic carbocycles. The number of benzene rings is 1. The second kappa shape index (κ2) is 5.09. The lowest BCUT2D eigenvalue weighted by atomic mass is 9.87. The summed E-state index contributed by atoms with van der Waals surface area (Å²) in [5.41, 5.74) is 3.66. The van der Waals surface area contributed by atoms with E-state index in [9.17, 15) is 5.26 Å². The lowest BCUT2D eigenvalue weighted by molar-refractivity contribution is -0.0895. The predicted molar refractivity (Wildman–Crippen MR) is 71.1 cm³/mol. The van der Waals surface area contributed by atoms with E-state index >= 15 is 0 Å². The molecule has 1 aliphatic heterocycles. The molecule has 0 bridgehead atoms. The van der Waals surface area contributed by atoms with Gasteiger partial charge in [0.05, 0.1) is 19.3 Å². The molecule has 0 atom stereocenters. The van der Waals surface area contributed by atoms with Crippen LogP contribution in [0.3, 0.4) is 0 Å². The van der Waals surface area contributed by atoms with Crippen molar-refractivity contribution >= 4 is 0 Å². The highest BCUT2D eigenvalue weighted by atomic mass is 16.5. The minimum atomic E-state index is -0.283. The van der Waals surface area contributed by atoms with E-state index < -0.39 is 0 Å². The van der Waals surface area contributed by atoms with Crippen molar-refractivity contribution in [2.75, 3.05) is 26.8 Å². The van der Waals surface area contributed by atoms with Crippen LogP contribution in [0.5, 0.6) is 0 Å². The Hall–Kier alpha value is -1.37. The Bertz CT molecular complexity index is 472. The number of hydrogen-bond donors (Lipinski definition) is 0. The van der Waals surface area contributed by atoms with Gasteiger partial charge in [-0.15, -0.1) is 0 Å². The third-order valence-electron chi connectivity index (χ3n) is 3.59. The average Bonchev–Trinajstić information content (AvgIpc) is 2.29. The summed E-state index contributed by atoms with van der Waals surface area (Å²) in [6.45, 7) is 7.05. The van der Waals surface area contributed by atoms with Crippen LogP contribution < -0.4 is 0 Å². The third kappa shape index (κ3) is 2.72. The highest BCUT2D eigenvalue weighted by Gasteiger charge is 2.39. The van der Waals surface area contributed by atoms with Crippen molar-refractivity contribution in [1.29, 1.82) is 5.26 Å². The van der Waals surface area contributed by atoms with Gasteiger partial charge in [-0.2, -0.15) is 5.26 Å². The normalized spacial score (nSPS) is 17.3. The number of hydrogen-bond acceptors (Lipinski definition) is 3. The van der Waals surface area contributed by atoms with E-state index in [4.69, 9.17) is 4.74 Å². The molecule has 0 N–H and O–H groups in total. The lowest BCUT2D eigenvalue weighted by Crippen LogP contribution is -2.48. The molecule has 3 heteroatoms. The second-order valence-electron chi connectivity index (χ2n) is 5.48. The highest BCUT2D eigenvalue weighted by Crippen LogP contribution is 2.27. The summed E-state index contributed by atoms with van der Waals surface area (Å²) in [5.74, 6) is 0. The quantitative estimate of drug-likeness (QED) is 0.815. The number of ether oxygens (including phenoxy) is 1. The summed E-state index contributed by atoms with van der Waals surface area (Å²) in [6.07, 6.45) is 0. The topological polar surface area (TPSA) is 36.3 Å². The molecule has 1 heterocycles. The summed E-state index contributed by atoms with van der Waals surface area (Å²) in [6, 6.07) is 8.93. The molecule has 1 aromatic rings. The van der Waals surface area contributed by atoms with Gasteiger partial charge in [0.1, 0.15) is 5.41 Å². The molecule has 0 radical (unpaired) electrons. The van der Waals surface area contributed by atoms with Crippen molar-refractivity contribution < 1.29 is 4.74 Å². The zero-order chi connectivity index (χ0) is 13.2. The van der Waals surface area contributed by atoms with Gasteiger partial charge in [0.2, 0.25) is 0 Å². The third-order valence-corrected chi connectivity index (χ3v) is 3.59. The van der Waals surface area contributed by atoms with Crippen molar-refractivity contribution in [3.8, 4) is 6.07 Å². The van der Waals surface area contributed by atoms with E-state index in [1.807, 2.05) is 0 Å². The van der Waals surface area contributed by atoms with Crippen LogP contribution in [0.2, 0.25) is 0 Å². The Kier molecular flexibility index (Phi) is 3.70. The first kappa shape index (κ1) is 13.1. The number of nitrogens with zero attached hydrogens (tertiary/aromatic N) is 2. The van der Waals surface area contributed by atoms with E-state index in [0.29, 0.717) is 13.2 Å². The van der Waals surface area contributed by atoms with Gasteiger partial charge in [-0.25, -0.2) is 0 Å². The van der Waals surface area contributed by atoms with Gasteiger partial charge in [0.15, 0.2) is 0 Å². The van der Waals surface area contributed by atoms with Gasteiger partial charge >= 0.3 is 0 Å². The van der Waals surface area contributed by atoms with Crippen LogP contribution in [0.4, 0.5) is 0 Å². The summed E-state index contributed by atoms with van der Waals surface area (Å²) >= 11 is 0. The largest absolute Gasteiger partial charge is 0.378 e. The van der Waals surface area contributed by atoms with Gasteiger partial charge in [-0.05, 0) is 37.6 Å². The van der Waals surface area contributed by atoms with Crippen LogP contribution in [0.25, 0.3) is 0 Å². The van der Waals surface area contributed by atoms with E-state index in [0.717, 1.165) is 13.1 Å². The van der Waals surface area contributed by atoms with Crippen molar-refractivity contribution in [3.05, 3.63) is 34.9 Å². The first-order valence-electron chi connectivity index (χ1n) is 6.28. The fraction of sp³-hybridized carbons (Fsp3) is 0.533. The Morgan fingerprint density at radius 1 is 1.33 bits per heavy atom. The van der Waals surface area contributed by atoms with Crippen LogP contribution in [0, 0.1) is 30.6 Å². The molecule has 0 aromatic heterocycles. The lowest BCUT2D eigenvalue weighted by Gasteiger charge is -2.38. The minimum absolute atomic E-state index is 0.283. The summed E-state index contributed by atoms with van der Waals surface area (Å²) in [7, 11) is 2.06. The summed E-state index contributed by atoms with van der Waals surface area (Å²) < 4.78 is 5.17. The Morgan fingerprint density at radius 3 is 2.56 bits per heavy atom. The van der Waals surface area contributed by atoms with Gasteiger partial charge < -0.3 is 9.64 Å². The fourth-order valence-electron chi connectivity index (χ4n) is 2.33. The molecule has 96 valence electrons. The van der Waals surface area contributed by atoms with Gasteiger partial charge in [0, 0.05) is 13.1 Å². The number of nitriles is 1. The van der Waals surface area contributed by atoms with Crippen molar-refractivity contribution in [1.82, 2.24) is 4.90 Å². The summed E-state index contributed by atoms with van der Waals surface area (Å²) in [4.78, 5) is 2.20. The molecular weight excluding hydrogens is 224 g/mol. The van der Waals surface area contributed by atoms with E-state index in [-0.39, 0.29) is 5.41 Å². The van der Waals surface area contributed by atoms with Crippen molar-refractivity contribution in [2.45, 2.75) is 20.4 Å². The molecule has 1 aliphatic rings. The van der Waals surface area contributed by atoms with Crippen LogP contribution in [-0.2, 0) is 11.3 Å². The van der Waals surface area contributed by atoms with Gasteiger partial charge in [-0.3, -0.25) is 0 Å². The van der Waals surface area contributed by atoms with Crippen molar-refractivity contribution in [3.63, 3.8) is 0 Å². The summed E-state index contributed by atoms with van der Waals surface area (Å²) in [5, 5.41) is 9.18. The van der Waals surface area contributed by atoms with Crippen LogP contribution in [-0.4, -0.2) is 31.7 Å².